The zero-order chi connectivity index (χ0) is 69.3. The summed E-state index contributed by atoms with van der Waals surface area (Å²) in [6.07, 6.45) is 21.1. The Kier molecular flexibility index (Phi) is 25.7. The molecule has 98 heavy (non-hydrogen) atoms. The quantitative estimate of drug-likeness (QED) is 0.00924. The molecule has 2 N–H and O–H groups in total. The summed E-state index contributed by atoms with van der Waals surface area (Å²) in [5, 5.41) is 41.4. The number of anilines is 2. The molecule has 2 aliphatic heterocycles. The minimum absolute atomic E-state index is 0.00280. The number of azide groups is 1. The number of hydrogen-bond donors (Lipinski definition) is 2. The molecule has 0 bridgehead atoms. The summed E-state index contributed by atoms with van der Waals surface area (Å²) < 4.78 is 70.3. The van der Waals surface area contributed by atoms with Crippen LogP contribution in [0.1, 0.15) is 75.4 Å². The van der Waals surface area contributed by atoms with Crippen LogP contribution in [0.5, 0.6) is 11.5 Å². The lowest BCUT2D eigenvalue weighted by molar-refractivity contribution is -0.00894. The van der Waals surface area contributed by atoms with Crippen molar-refractivity contribution in [2.75, 3.05) is 88.4 Å². The molecule has 0 saturated carbocycles. The Morgan fingerprint density at radius 2 is 1.06 bits per heavy atom. The minimum atomic E-state index is -1.85. The van der Waals surface area contributed by atoms with Crippen LogP contribution in [0.15, 0.2) is 182 Å². The molecule has 2 saturated heterocycles. The number of nitrogens with zero attached hydrogens (tertiary/aromatic N) is 16. The summed E-state index contributed by atoms with van der Waals surface area (Å²) in [7, 11) is 0. The molecule has 2 aliphatic rings. The van der Waals surface area contributed by atoms with Crippen LogP contribution in [0.25, 0.3) is 22.6 Å². The molecule has 9 aromatic rings. The molecule has 11 rings (SSSR count). The average molecular weight is 1340 g/mol. The maximum Gasteiger partial charge on any atom is 0.185 e. The monoisotopic (exact) mass is 1340 g/mol. The highest BCUT2D eigenvalue weighted by molar-refractivity contribution is 6.07. The molecule has 0 spiro atoms. The average Bonchev–Trinajstić information content (AvgIpc) is 1.35. The first kappa shape index (κ1) is 71.5. The predicted molar refractivity (Wildman–Crippen MR) is 364 cm³/mol. The van der Waals surface area contributed by atoms with Crippen LogP contribution in [-0.2, 0) is 37.4 Å². The number of ether oxygens (including phenoxy) is 2. The number of halogens is 4. The third-order valence-corrected chi connectivity index (χ3v) is 16.2. The number of ketones is 2. The van der Waals surface area contributed by atoms with E-state index in [0.29, 0.717) is 28.6 Å². The van der Waals surface area contributed by atoms with E-state index in [1.807, 2.05) is 91.0 Å². The molecule has 22 nitrogen and oxygen atoms in total. The van der Waals surface area contributed by atoms with E-state index in [2.05, 4.69) is 79.9 Å². The van der Waals surface area contributed by atoms with E-state index in [1.165, 1.54) is 70.5 Å². The number of rotatable bonds is 27. The zero-order valence-corrected chi connectivity index (χ0v) is 54.4. The van der Waals surface area contributed by atoms with Gasteiger partial charge in [0.1, 0.15) is 90.2 Å². The third kappa shape index (κ3) is 20.6. The second kappa shape index (κ2) is 35.3. The fourth-order valence-electron chi connectivity index (χ4n) is 11.2. The molecule has 26 heteroatoms. The first-order valence-electron chi connectivity index (χ1n) is 31.9. The Hall–Kier alpha value is -10.8. The molecule has 0 radical (unpaired) electrons. The van der Waals surface area contributed by atoms with E-state index >= 15 is 0 Å². The maximum atomic E-state index is 14.7. The number of carbonyl (C=O) groups excluding carboxylic acids is 2. The van der Waals surface area contributed by atoms with E-state index in [-0.39, 0.29) is 55.5 Å². The molecule has 6 aromatic carbocycles. The maximum absolute atomic E-state index is 14.7. The van der Waals surface area contributed by atoms with Gasteiger partial charge in [-0.05, 0) is 140 Å². The fourth-order valence-corrected chi connectivity index (χ4v) is 11.2. The van der Waals surface area contributed by atoms with E-state index in [4.69, 9.17) is 21.4 Å². The highest BCUT2D eigenvalue weighted by Crippen LogP contribution is 2.30. The number of benzene rings is 6. The van der Waals surface area contributed by atoms with Gasteiger partial charge in [0.15, 0.2) is 11.6 Å². The minimum Gasteiger partial charge on any atom is -0.487 e. The van der Waals surface area contributed by atoms with Gasteiger partial charge < -0.3 is 29.5 Å². The highest BCUT2D eigenvalue weighted by Gasteiger charge is 2.36. The van der Waals surface area contributed by atoms with Crippen molar-refractivity contribution in [2.24, 2.45) is 5.11 Å². The Balaban J connectivity index is 0.000000193. The lowest BCUT2D eigenvalue weighted by atomic mass is 9.93. The second-order valence-electron chi connectivity index (χ2n) is 23.4. The molecular formula is C72H76F4N16O6. The van der Waals surface area contributed by atoms with Gasteiger partial charge >= 0.3 is 0 Å². The Bertz CT molecular complexity index is 4150. The largest absolute Gasteiger partial charge is 0.487 e. The summed E-state index contributed by atoms with van der Waals surface area (Å²) in [5.41, 5.74) is 10.3. The van der Waals surface area contributed by atoms with Crippen LogP contribution < -0.4 is 19.3 Å². The summed E-state index contributed by atoms with van der Waals surface area (Å²) in [4.78, 5) is 45.2. The van der Waals surface area contributed by atoms with Crippen LogP contribution in [-0.4, -0.2) is 155 Å². The van der Waals surface area contributed by atoms with Gasteiger partial charge in [-0.2, -0.15) is 10.2 Å². The van der Waals surface area contributed by atoms with Gasteiger partial charge in [0.25, 0.3) is 0 Å². The zero-order valence-electron chi connectivity index (χ0n) is 54.4. The second-order valence-corrected chi connectivity index (χ2v) is 23.4. The Morgan fingerprint density at radius 1 is 0.612 bits per heavy atom. The van der Waals surface area contributed by atoms with Crippen LogP contribution in [0.4, 0.5) is 28.9 Å². The molecule has 0 aliphatic carbocycles. The first-order valence-corrected chi connectivity index (χ1v) is 31.9. The molecule has 0 amide bonds. The van der Waals surface area contributed by atoms with Gasteiger partial charge in [-0.3, -0.25) is 19.4 Å². The van der Waals surface area contributed by atoms with Crippen molar-refractivity contribution in [3.05, 3.63) is 250 Å². The van der Waals surface area contributed by atoms with Crippen molar-refractivity contribution in [2.45, 2.75) is 64.1 Å². The number of allylic oxidation sites excluding steroid dienone is 2. The van der Waals surface area contributed by atoms with Crippen LogP contribution in [0.3, 0.4) is 0 Å². The number of piperazine rings is 2. The number of carbonyl (C=O) groups is 2. The molecule has 2 atom stereocenters. The van der Waals surface area contributed by atoms with Gasteiger partial charge in [-0.25, -0.2) is 41.6 Å². The normalized spacial score (nSPS) is 14.6. The summed E-state index contributed by atoms with van der Waals surface area (Å²) in [6.45, 7) is 14.5. The molecule has 5 heterocycles. The van der Waals surface area contributed by atoms with E-state index < -0.39 is 41.0 Å². The Labute approximate surface area is 565 Å². The summed E-state index contributed by atoms with van der Waals surface area (Å²) >= 11 is 0. The van der Waals surface area contributed by atoms with Crippen molar-refractivity contribution in [1.29, 1.82) is 0 Å². The van der Waals surface area contributed by atoms with Crippen molar-refractivity contribution in [1.82, 2.24) is 54.3 Å². The number of terminal acetylenes is 1. The van der Waals surface area contributed by atoms with Gasteiger partial charge in [-0.1, -0.05) is 78.6 Å². The number of aliphatic hydroxyl groups is 2. The van der Waals surface area contributed by atoms with E-state index in [1.54, 1.807) is 36.6 Å². The fraction of sp³-hybridized carbons (Fsp3) is 0.306. The summed E-state index contributed by atoms with van der Waals surface area (Å²) in [6, 6.07) is 36.3. The van der Waals surface area contributed by atoms with Crippen LogP contribution >= 0.6 is 0 Å². The van der Waals surface area contributed by atoms with Crippen molar-refractivity contribution in [3.8, 4) is 23.8 Å². The summed E-state index contributed by atoms with van der Waals surface area (Å²) in [5.74, 6) is 0.321. The van der Waals surface area contributed by atoms with Crippen molar-refractivity contribution >= 4 is 35.1 Å². The molecular weight excluding hydrogens is 1260 g/mol. The lowest BCUT2D eigenvalue weighted by Gasteiger charge is -2.36. The van der Waals surface area contributed by atoms with Gasteiger partial charge in [0.2, 0.25) is 0 Å². The molecule has 2 fully saturated rings. The Morgan fingerprint density at radius 3 is 1.49 bits per heavy atom. The van der Waals surface area contributed by atoms with Gasteiger partial charge in [-0.15, -0.1) is 11.5 Å². The standard InChI is InChI=1S/C36H38F2N8O3.C25H28N2O2.C11H10F2N6O/c1-2-15-43-16-18-44(19-17-43)31-9-6-28(7-10-31)35(47)14-5-27-3-11-32(12-4-27)49-22-30-21-45(42-41-30)23-36(48,24-46-26-39-25-40-46)33-13-8-29(37)20-34(33)38;1-3-15-26-16-18-27(19-17-26)23-10-8-22(9-11-23)25(28)14-7-21-5-12-24(13-6-21)29-20-4-2;12-8-1-2-9(10(13)3-8)11(20,4-16-18-14)5-19-7-15-6-17-19/h3-14,20-21,25-26,48H,2,15-19,22-24H2,1H3;2,5-14H,3,15-20H2,1H3;1-3,6-7,20H,4-5H2/b14-5+;14-7+;. The van der Waals surface area contributed by atoms with Gasteiger partial charge in [0.05, 0.1) is 32.4 Å². The molecule has 2 unspecified atom stereocenters. The molecule has 508 valence electrons. The third-order valence-electron chi connectivity index (χ3n) is 16.2. The number of hydrogen-bond acceptors (Lipinski definition) is 17. The van der Waals surface area contributed by atoms with E-state index in [9.17, 15) is 37.4 Å². The lowest BCUT2D eigenvalue weighted by Crippen LogP contribution is -2.46. The smallest absolute Gasteiger partial charge is 0.185 e. The molecule has 3 aromatic heterocycles. The highest BCUT2D eigenvalue weighted by atomic mass is 19.1. The predicted octanol–water partition coefficient (Wildman–Crippen LogP) is 10.6. The van der Waals surface area contributed by atoms with Gasteiger partial charge in [0, 0.05) is 103 Å². The van der Waals surface area contributed by atoms with Crippen molar-refractivity contribution < 1.29 is 46.8 Å². The SMILES string of the molecule is C#CCOc1ccc(/C=C/C(=O)c2ccc(N3CCN(CCC)CC3)cc2)cc1.CCCN1CCN(c2ccc(C(=O)/C=C/c3ccc(OCc4cn(CC(O)(Cn5cncn5)c5ccc(F)cc5F)nn4)cc3)cc2)CC1.[N-]=[N+]=NCC(O)(Cn1cncn1)c1ccc(F)cc1F. The number of aromatic nitrogens is 9. The van der Waals surface area contributed by atoms with Crippen LogP contribution in [0.2, 0.25) is 0 Å². The van der Waals surface area contributed by atoms with E-state index in [0.717, 1.165) is 106 Å². The first-order chi connectivity index (χ1) is 47.5. The van der Waals surface area contributed by atoms with Crippen LogP contribution in [0, 0.1) is 35.6 Å². The topological polar surface area (TPSA) is 247 Å². The van der Waals surface area contributed by atoms with Crippen molar-refractivity contribution in [3.63, 3.8) is 0 Å².